The quantitative estimate of drug-likeness (QED) is 0.907. The van der Waals surface area contributed by atoms with E-state index < -0.39 is 0 Å². The van der Waals surface area contributed by atoms with E-state index in [1.54, 1.807) is 0 Å². The van der Waals surface area contributed by atoms with Crippen LogP contribution in [0.2, 0.25) is 0 Å². The monoisotopic (exact) mass is 280 g/mol. The summed E-state index contributed by atoms with van der Waals surface area (Å²) >= 11 is 0. The molecule has 0 unspecified atom stereocenters. The Bertz CT molecular complexity index is 647. The van der Waals surface area contributed by atoms with Gasteiger partial charge in [-0.1, -0.05) is 31.2 Å². The maximum atomic E-state index is 12.5. The Labute approximate surface area is 125 Å². The van der Waals surface area contributed by atoms with Crippen LogP contribution in [0, 0.1) is 0 Å². The van der Waals surface area contributed by atoms with Crippen LogP contribution in [0.1, 0.15) is 34.0 Å². The molecule has 0 aromatic heterocycles. The van der Waals surface area contributed by atoms with E-state index in [4.69, 9.17) is 0 Å². The van der Waals surface area contributed by atoms with Gasteiger partial charge in [0.2, 0.25) is 0 Å². The number of hydrogen-bond acceptors (Lipinski definition) is 2. The number of aryl methyl sites for hydroxylation is 1. The normalized spacial score (nSPS) is 13.6. The highest BCUT2D eigenvalue weighted by Crippen LogP contribution is 2.20. The molecule has 2 N–H and O–H groups in total. The second-order valence-corrected chi connectivity index (χ2v) is 5.37. The van der Waals surface area contributed by atoms with Crippen molar-refractivity contribution in [3.8, 4) is 0 Å². The van der Waals surface area contributed by atoms with E-state index in [0.717, 1.165) is 42.7 Å². The number of nitrogens with one attached hydrogen (secondary N) is 2. The molecule has 2 aromatic carbocycles. The van der Waals surface area contributed by atoms with Crippen molar-refractivity contribution in [1.29, 1.82) is 0 Å². The van der Waals surface area contributed by atoms with Crippen LogP contribution in [0.5, 0.6) is 0 Å². The summed E-state index contributed by atoms with van der Waals surface area (Å²) in [7, 11) is 0. The first-order chi connectivity index (χ1) is 10.3. The van der Waals surface area contributed by atoms with E-state index in [1.165, 1.54) is 11.1 Å². The molecule has 108 valence electrons. The van der Waals surface area contributed by atoms with Gasteiger partial charge in [-0.3, -0.25) is 4.79 Å². The number of benzene rings is 2. The van der Waals surface area contributed by atoms with E-state index >= 15 is 0 Å². The van der Waals surface area contributed by atoms with Crippen molar-refractivity contribution in [3.05, 3.63) is 64.7 Å². The highest BCUT2D eigenvalue weighted by atomic mass is 16.1. The van der Waals surface area contributed by atoms with Gasteiger partial charge in [-0.15, -0.1) is 0 Å². The van der Waals surface area contributed by atoms with Gasteiger partial charge in [-0.05, 0) is 54.3 Å². The molecule has 1 heterocycles. The van der Waals surface area contributed by atoms with E-state index in [9.17, 15) is 4.79 Å². The number of fused-ring (bicyclic) bond motifs is 1. The molecule has 0 saturated heterocycles. The number of carbonyl (C=O) groups excluding carboxylic acids is 1. The minimum absolute atomic E-state index is 0.0280. The molecule has 0 spiro atoms. The molecule has 0 bridgehead atoms. The Kier molecular flexibility index (Phi) is 4.02. The van der Waals surface area contributed by atoms with Crippen molar-refractivity contribution in [3.63, 3.8) is 0 Å². The Morgan fingerprint density at radius 1 is 1.19 bits per heavy atom. The predicted octanol–water partition coefficient (Wildman–Crippen LogP) is 3.15. The predicted molar refractivity (Wildman–Crippen MR) is 85.6 cm³/mol. The van der Waals surface area contributed by atoms with Crippen molar-refractivity contribution < 1.29 is 4.79 Å². The zero-order chi connectivity index (χ0) is 14.7. The zero-order valence-corrected chi connectivity index (χ0v) is 12.3. The second-order valence-electron chi connectivity index (χ2n) is 5.37. The van der Waals surface area contributed by atoms with Gasteiger partial charge < -0.3 is 10.6 Å². The minimum atomic E-state index is -0.0280. The van der Waals surface area contributed by atoms with Gasteiger partial charge in [-0.2, -0.15) is 0 Å². The van der Waals surface area contributed by atoms with Gasteiger partial charge >= 0.3 is 0 Å². The topological polar surface area (TPSA) is 41.1 Å². The summed E-state index contributed by atoms with van der Waals surface area (Å²) in [4.78, 5) is 12.5. The number of rotatable bonds is 3. The van der Waals surface area contributed by atoms with Crippen molar-refractivity contribution in [2.24, 2.45) is 0 Å². The summed E-state index contributed by atoms with van der Waals surface area (Å²) < 4.78 is 0. The lowest BCUT2D eigenvalue weighted by Gasteiger charge is -2.20. The lowest BCUT2D eigenvalue weighted by atomic mass is 9.95. The fraction of sp³-hybridized carbons (Fsp3) is 0.278. The van der Waals surface area contributed by atoms with E-state index in [0.29, 0.717) is 0 Å². The Hall–Kier alpha value is -2.13. The molecule has 1 aliphatic rings. The molecular formula is C18H20N2O. The summed E-state index contributed by atoms with van der Waals surface area (Å²) in [5, 5.41) is 6.33. The first-order valence-corrected chi connectivity index (χ1v) is 7.49. The fourth-order valence-corrected chi connectivity index (χ4v) is 2.75. The highest BCUT2D eigenvalue weighted by Gasteiger charge is 2.17. The third kappa shape index (κ3) is 2.98. The van der Waals surface area contributed by atoms with Gasteiger partial charge in [0.15, 0.2) is 0 Å². The lowest BCUT2D eigenvalue weighted by molar-refractivity contribution is 0.102. The number of amides is 1. The highest BCUT2D eigenvalue weighted by molar-refractivity contribution is 6.05. The summed E-state index contributed by atoms with van der Waals surface area (Å²) in [6.45, 7) is 3.88. The molecule has 1 aliphatic heterocycles. The van der Waals surface area contributed by atoms with Gasteiger partial charge in [0, 0.05) is 17.8 Å². The Morgan fingerprint density at radius 3 is 2.76 bits per heavy atom. The molecule has 1 amide bonds. The van der Waals surface area contributed by atoms with Crippen LogP contribution in [0.4, 0.5) is 5.69 Å². The van der Waals surface area contributed by atoms with Crippen LogP contribution >= 0.6 is 0 Å². The first-order valence-electron chi connectivity index (χ1n) is 7.49. The molecule has 3 heteroatoms. The van der Waals surface area contributed by atoms with Crippen molar-refractivity contribution in [1.82, 2.24) is 5.32 Å². The molecule has 0 saturated carbocycles. The number of anilines is 1. The molecule has 21 heavy (non-hydrogen) atoms. The number of carbonyl (C=O) groups is 1. The standard InChI is InChI=1S/C18H20N2O/c1-2-13-6-8-15(9-7-13)20-18(21)16-5-3-4-14-10-11-19-12-17(14)16/h3-9,19H,2,10-12H2,1H3,(H,20,21). The van der Waals surface area contributed by atoms with Gasteiger partial charge in [0.1, 0.15) is 0 Å². The average molecular weight is 280 g/mol. The van der Waals surface area contributed by atoms with Crippen molar-refractivity contribution >= 4 is 11.6 Å². The molecule has 0 radical (unpaired) electrons. The maximum absolute atomic E-state index is 12.5. The first kappa shape index (κ1) is 13.8. The Morgan fingerprint density at radius 2 is 2.00 bits per heavy atom. The van der Waals surface area contributed by atoms with Crippen LogP contribution in [0.3, 0.4) is 0 Å². The molecule has 0 atom stereocenters. The van der Waals surface area contributed by atoms with Crippen molar-refractivity contribution in [2.45, 2.75) is 26.3 Å². The van der Waals surface area contributed by atoms with Gasteiger partial charge in [-0.25, -0.2) is 0 Å². The molecule has 0 fully saturated rings. The largest absolute Gasteiger partial charge is 0.322 e. The van der Waals surface area contributed by atoms with Crippen LogP contribution in [-0.4, -0.2) is 12.5 Å². The third-order valence-corrected chi connectivity index (χ3v) is 4.01. The van der Waals surface area contributed by atoms with Gasteiger partial charge in [0.25, 0.3) is 5.91 Å². The smallest absolute Gasteiger partial charge is 0.255 e. The van der Waals surface area contributed by atoms with Crippen molar-refractivity contribution in [2.75, 3.05) is 11.9 Å². The Balaban J connectivity index is 1.82. The third-order valence-electron chi connectivity index (χ3n) is 4.01. The van der Waals surface area contributed by atoms with E-state index in [2.05, 4.69) is 35.8 Å². The minimum Gasteiger partial charge on any atom is -0.322 e. The van der Waals surface area contributed by atoms with Crippen LogP contribution < -0.4 is 10.6 Å². The molecule has 3 rings (SSSR count). The summed E-state index contributed by atoms with van der Waals surface area (Å²) in [6.07, 6.45) is 1.99. The van der Waals surface area contributed by atoms with E-state index in [1.807, 2.05) is 24.3 Å². The number of hydrogen-bond donors (Lipinski definition) is 2. The second kappa shape index (κ2) is 6.10. The molecule has 0 aliphatic carbocycles. The van der Waals surface area contributed by atoms with Gasteiger partial charge in [0.05, 0.1) is 0 Å². The van der Waals surface area contributed by atoms with Crippen LogP contribution in [0.15, 0.2) is 42.5 Å². The SMILES string of the molecule is CCc1ccc(NC(=O)c2cccc3c2CNCC3)cc1. The average Bonchev–Trinajstić information content (AvgIpc) is 2.55. The maximum Gasteiger partial charge on any atom is 0.255 e. The summed E-state index contributed by atoms with van der Waals surface area (Å²) in [5.74, 6) is -0.0280. The lowest BCUT2D eigenvalue weighted by Crippen LogP contribution is -2.27. The van der Waals surface area contributed by atoms with E-state index in [-0.39, 0.29) is 5.91 Å². The van der Waals surface area contributed by atoms with Crippen LogP contribution in [0.25, 0.3) is 0 Å². The molecular weight excluding hydrogens is 260 g/mol. The summed E-state index contributed by atoms with van der Waals surface area (Å²) in [5.41, 5.74) is 5.31. The molecule has 2 aromatic rings. The molecule has 3 nitrogen and oxygen atoms in total. The summed E-state index contributed by atoms with van der Waals surface area (Å²) in [6, 6.07) is 14.0. The fourth-order valence-electron chi connectivity index (χ4n) is 2.75. The van der Waals surface area contributed by atoms with Crippen LogP contribution in [-0.2, 0) is 19.4 Å². The zero-order valence-electron chi connectivity index (χ0n) is 12.3.